The molecule has 7 heteroatoms. The van der Waals surface area contributed by atoms with E-state index in [2.05, 4.69) is 15.3 Å². The Bertz CT molecular complexity index is 788. The van der Waals surface area contributed by atoms with Crippen LogP contribution in [0.5, 0.6) is 0 Å². The zero-order chi connectivity index (χ0) is 18.0. The summed E-state index contributed by atoms with van der Waals surface area (Å²) in [6.07, 6.45) is 7.31. The van der Waals surface area contributed by atoms with Gasteiger partial charge in [-0.15, -0.1) is 0 Å². The third-order valence-corrected chi connectivity index (χ3v) is 5.04. The lowest BCUT2D eigenvalue weighted by molar-refractivity contribution is -0.0447. The van der Waals surface area contributed by atoms with E-state index in [1.807, 2.05) is 4.90 Å². The number of pyridine rings is 2. The number of aromatic nitrogens is 2. The highest BCUT2D eigenvalue weighted by molar-refractivity contribution is 5.94. The first-order valence-electron chi connectivity index (χ1n) is 8.86. The number of anilines is 1. The van der Waals surface area contributed by atoms with E-state index >= 15 is 0 Å². The zero-order valence-corrected chi connectivity index (χ0v) is 14.4. The Kier molecular flexibility index (Phi) is 4.55. The van der Waals surface area contributed by atoms with Crippen LogP contribution < -0.4 is 5.32 Å². The molecule has 26 heavy (non-hydrogen) atoms. The fraction of sp³-hybridized carbons (Fsp3) is 0.421. The maximum absolute atomic E-state index is 13.8. The van der Waals surface area contributed by atoms with E-state index in [1.54, 1.807) is 36.8 Å². The highest BCUT2D eigenvalue weighted by Gasteiger charge is 2.44. The van der Waals surface area contributed by atoms with Crippen LogP contribution >= 0.6 is 0 Å². The molecule has 2 aromatic rings. The number of hydrogen-bond donors (Lipinski definition) is 1. The van der Waals surface area contributed by atoms with Gasteiger partial charge in [0.25, 0.3) is 5.91 Å². The van der Waals surface area contributed by atoms with Gasteiger partial charge in [-0.3, -0.25) is 9.78 Å². The third kappa shape index (κ3) is 3.39. The molecule has 2 fully saturated rings. The quantitative estimate of drug-likeness (QED) is 0.915. The molecule has 0 radical (unpaired) electrons. The number of carbonyl (C=O) groups is 1. The van der Waals surface area contributed by atoms with Crippen LogP contribution in [0.3, 0.4) is 0 Å². The first-order chi connectivity index (χ1) is 12.7. The smallest absolute Gasteiger partial charge is 0.255 e. The second-order valence-corrected chi connectivity index (χ2v) is 6.95. The van der Waals surface area contributed by atoms with Gasteiger partial charge in [0, 0.05) is 31.6 Å². The van der Waals surface area contributed by atoms with Gasteiger partial charge in [0.1, 0.15) is 0 Å². The summed E-state index contributed by atoms with van der Waals surface area (Å²) in [6.45, 7) is 1.74. The van der Waals surface area contributed by atoms with Crippen molar-refractivity contribution in [1.82, 2.24) is 14.9 Å². The zero-order valence-electron chi connectivity index (χ0n) is 14.4. The molecule has 0 unspecified atom stereocenters. The highest BCUT2D eigenvalue weighted by Crippen LogP contribution is 2.36. The molecule has 1 spiro atoms. The van der Waals surface area contributed by atoms with Gasteiger partial charge in [0.15, 0.2) is 11.6 Å². The molecule has 2 aliphatic rings. The SMILES string of the molecule is O=C(c1cccnc1)N1CCC[C@]2(C[C@@H](Nc3ncccc3F)CO2)C1. The maximum atomic E-state index is 13.8. The molecule has 4 rings (SSSR count). The summed E-state index contributed by atoms with van der Waals surface area (Å²) in [6, 6.07) is 6.47. The third-order valence-electron chi connectivity index (χ3n) is 5.04. The van der Waals surface area contributed by atoms with Crippen LogP contribution in [0.2, 0.25) is 0 Å². The van der Waals surface area contributed by atoms with Crippen molar-refractivity contribution in [2.75, 3.05) is 25.0 Å². The lowest BCUT2D eigenvalue weighted by atomic mass is 9.88. The molecule has 2 atom stereocenters. The molecule has 0 bridgehead atoms. The molecule has 2 aliphatic heterocycles. The summed E-state index contributed by atoms with van der Waals surface area (Å²) < 4.78 is 19.9. The minimum atomic E-state index is -0.376. The number of ether oxygens (including phenoxy) is 1. The number of nitrogens with one attached hydrogen (secondary N) is 1. The Balaban J connectivity index is 1.43. The average Bonchev–Trinajstić information content (AvgIpc) is 3.05. The average molecular weight is 356 g/mol. The molecular weight excluding hydrogens is 335 g/mol. The van der Waals surface area contributed by atoms with Crippen LogP contribution in [-0.4, -0.2) is 52.1 Å². The highest BCUT2D eigenvalue weighted by atomic mass is 19.1. The summed E-state index contributed by atoms with van der Waals surface area (Å²) in [4.78, 5) is 22.6. The molecule has 2 saturated heterocycles. The predicted octanol–water partition coefficient (Wildman–Crippen LogP) is 2.49. The van der Waals surface area contributed by atoms with Gasteiger partial charge in [-0.1, -0.05) is 0 Å². The van der Waals surface area contributed by atoms with Gasteiger partial charge < -0.3 is 15.0 Å². The van der Waals surface area contributed by atoms with Crippen molar-refractivity contribution >= 4 is 11.7 Å². The van der Waals surface area contributed by atoms with Gasteiger partial charge in [0.2, 0.25) is 0 Å². The summed E-state index contributed by atoms with van der Waals surface area (Å²) in [5.41, 5.74) is 0.215. The summed E-state index contributed by atoms with van der Waals surface area (Å²) in [7, 11) is 0. The standard InChI is InChI=1S/C19H21FN4O2/c20-16-5-2-8-22-17(16)23-15-10-19(26-12-15)6-3-9-24(13-19)18(25)14-4-1-7-21-11-14/h1-2,4-5,7-8,11,15H,3,6,9-10,12-13H2,(H,22,23)/t15-,19+/m1/s1. The largest absolute Gasteiger partial charge is 0.371 e. The van der Waals surface area contributed by atoms with Crippen molar-refractivity contribution in [2.45, 2.75) is 30.9 Å². The van der Waals surface area contributed by atoms with Gasteiger partial charge in [-0.25, -0.2) is 9.37 Å². The van der Waals surface area contributed by atoms with E-state index in [9.17, 15) is 9.18 Å². The summed E-state index contributed by atoms with van der Waals surface area (Å²) in [5.74, 6) is -0.143. The Morgan fingerprint density at radius 1 is 1.35 bits per heavy atom. The van der Waals surface area contributed by atoms with E-state index in [0.717, 1.165) is 19.3 Å². The van der Waals surface area contributed by atoms with E-state index in [1.165, 1.54) is 6.07 Å². The number of likely N-dealkylation sites (tertiary alicyclic amines) is 1. The van der Waals surface area contributed by atoms with E-state index in [4.69, 9.17) is 4.74 Å². The molecule has 2 aromatic heterocycles. The van der Waals surface area contributed by atoms with Crippen LogP contribution in [0.4, 0.5) is 10.2 Å². The molecule has 6 nitrogen and oxygen atoms in total. The van der Waals surface area contributed by atoms with Crippen molar-refractivity contribution in [2.24, 2.45) is 0 Å². The fourth-order valence-electron chi connectivity index (χ4n) is 3.85. The van der Waals surface area contributed by atoms with Crippen molar-refractivity contribution < 1.29 is 13.9 Å². The van der Waals surface area contributed by atoms with Crippen LogP contribution in [0.15, 0.2) is 42.9 Å². The van der Waals surface area contributed by atoms with Crippen molar-refractivity contribution in [3.05, 3.63) is 54.2 Å². The normalized spacial score (nSPS) is 25.4. The van der Waals surface area contributed by atoms with E-state index in [0.29, 0.717) is 25.3 Å². The Morgan fingerprint density at radius 2 is 2.23 bits per heavy atom. The number of halogens is 1. The molecule has 0 aromatic carbocycles. The van der Waals surface area contributed by atoms with Gasteiger partial charge in [-0.05, 0) is 37.1 Å². The molecule has 4 heterocycles. The van der Waals surface area contributed by atoms with Crippen molar-refractivity contribution in [3.8, 4) is 0 Å². The molecular formula is C19H21FN4O2. The number of carbonyl (C=O) groups excluding carboxylic acids is 1. The molecule has 1 amide bonds. The lowest BCUT2D eigenvalue weighted by Gasteiger charge is -2.39. The monoisotopic (exact) mass is 356 g/mol. The van der Waals surface area contributed by atoms with E-state index in [-0.39, 0.29) is 29.2 Å². The fourth-order valence-corrected chi connectivity index (χ4v) is 3.85. The predicted molar refractivity (Wildman–Crippen MR) is 94.3 cm³/mol. The van der Waals surface area contributed by atoms with Crippen LogP contribution in [-0.2, 0) is 4.74 Å². The van der Waals surface area contributed by atoms with Crippen molar-refractivity contribution in [1.29, 1.82) is 0 Å². The summed E-state index contributed by atoms with van der Waals surface area (Å²) >= 11 is 0. The number of nitrogens with zero attached hydrogens (tertiary/aromatic N) is 3. The van der Waals surface area contributed by atoms with Crippen molar-refractivity contribution in [3.63, 3.8) is 0 Å². The first kappa shape index (κ1) is 16.9. The summed E-state index contributed by atoms with van der Waals surface area (Å²) in [5, 5.41) is 3.13. The minimum Gasteiger partial charge on any atom is -0.371 e. The van der Waals surface area contributed by atoms with Gasteiger partial charge in [-0.2, -0.15) is 0 Å². The topological polar surface area (TPSA) is 67.4 Å². The first-order valence-corrected chi connectivity index (χ1v) is 8.86. The van der Waals surface area contributed by atoms with Crippen LogP contribution in [0.1, 0.15) is 29.6 Å². The Labute approximate surface area is 151 Å². The second-order valence-electron chi connectivity index (χ2n) is 6.95. The Morgan fingerprint density at radius 3 is 3.04 bits per heavy atom. The Hall–Kier alpha value is -2.54. The molecule has 0 saturated carbocycles. The maximum Gasteiger partial charge on any atom is 0.255 e. The molecule has 1 N–H and O–H groups in total. The van der Waals surface area contributed by atoms with Gasteiger partial charge >= 0.3 is 0 Å². The number of hydrogen-bond acceptors (Lipinski definition) is 5. The molecule has 0 aliphatic carbocycles. The van der Waals surface area contributed by atoms with Crippen LogP contribution in [0, 0.1) is 5.82 Å². The van der Waals surface area contributed by atoms with Gasteiger partial charge in [0.05, 0.1) is 30.4 Å². The number of amides is 1. The van der Waals surface area contributed by atoms with E-state index < -0.39 is 0 Å². The number of piperidine rings is 1. The second kappa shape index (κ2) is 6.99. The van der Waals surface area contributed by atoms with Crippen LogP contribution in [0.25, 0.3) is 0 Å². The minimum absolute atomic E-state index is 0.0204. The lowest BCUT2D eigenvalue weighted by Crippen LogP contribution is -2.50. The molecule has 136 valence electrons. The number of rotatable bonds is 3.